The molecule has 1 saturated heterocycles. The van der Waals surface area contributed by atoms with Crippen LogP contribution < -0.4 is 5.32 Å². The number of halogens is 1. The summed E-state index contributed by atoms with van der Waals surface area (Å²) in [4.78, 5) is 14.5. The summed E-state index contributed by atoms with van der Waals surface area (Å²) in [7, 11) is -1.45. The minimum atomic E-state index is -3.40. The molecule has 0 saturated carbocycles. The third-order valence-corrected chi connectivity index (χ3v) is 5.38. The van der Waals surface area contributed by atoms with Gasteiger partial charge in [-0.15, -0.1) is 12.4 Å². The number of nitrogens with zero attached hydrogens (tertiary/aromatic N) is 1. The van der Waals surface area contributed by atoms with Crippen molar-refractivity contribution in [3.8, 4) is 0 Å². The summed E-state index contributed by atoms with van der Waals surface area (Å²) in [6, 6.07) is 6.47. The molecule has 1 fully saturated rings. The van der Waals surface area contributed by atoms with E-state index in [2.05, 4.69) is 5.32 Å². The van der Waals surface area contributed by atoms with Crippen LogP contribution in [0.25, 0.3) is 0 Å². The SMILES string of the molecule is CNCCC1CCN(C(=O)c2ccccc2S(C)(=O)=O)CC1.Cl. The molecule has 1 amide bonds. The maximum Gasteiger partial charge on any atom is 0.255 e. The fourth-order valence-corrected chi connectivity index (χ4v) is 3.79. The Labute approximate surface area is 144 Å². The van der Waals surface area contributed by atoms with Gasteiger partial charge in [-0.3, -0.25) is 4.79 Å². The predicted molar refractivity (Wildman–Crippen MR) is 94.0 cm³/mol. The van der Waals surface area contributed by atoms with Crippen LogP contribution >= 0.6 is 12.4 Å². The lowest BCUT2D eigenvalue weighted by atomic mass is 9.93. The summed E-state index contributed by atoms with van der Waals surface area (Å²) in [5.74, 6) is 0.467. The first kappa shape index (κ1) is 19.9. The summed E-state index contributed by atoms with van der Waals surface area (Å²) >= 11 is 0. The number of piperidine rings is 1. The number of carbonyl (C=O) groups is 1. The average Bonchev–Trinajstić information content (AvgIpc) is 2.52. The molecule has 0 aromatic heterocycles. The maximum absolute atomic E-state index is 12.6. The lowest BCUT2D eigenvalue weighted by Crippen LogP contribution is -2.39. The van der Waals surface area contributed by atoms with Gasteiger partial charge in [-0.25, -0.2) is 8.42 Å². The Balaban J connectivity index is 0.00000264. The highest BCUT2D eigenvalue weighted by atomic mass is 35.5. The smallest absolute Gasteiger partial charge is 0.255 e. The number of likely N-dealkylation sites (tertiary alicyclic amines) is 1. The fraction of sp³-hybridized carbons (Fsp3) is 0.562. The maximum atomic E-state index is 12.6. The monoisotopic (exact) mass is 360 g/mol. The van der Waals surface area contributed by atoms with Crippen LogP contribution in [0.15, 0.2) is 29.2 Å². The molecule has 1 heterocycles. The molecule has 0 aliphatic carbocycles. The van der Waals surface area contributed by atoms with Crippen molar-refractivity contribution in [2.24, 2.45) is 5.92 Å². The third kappa shape index (κ3) is 5.19. The minimum absolute atomic E-state index is 0. The summed E-state index contributed by atoms with van der Waals surface area (Å²) < 4.78 is 23.7. The van der Waals surface area contributed by atoms with Crippen LogP contribution in [0.2, 0.25) is 0 Å². The van der Waals surface area contributed by atoms with E-state index in [4.69, 9.17) is 0 Å². The van der Waals surface area contributed by atoms with Crippen LogP contribution in [-0.4, -0.2) is 52.2 Å². The Morgan fingerprint density at radius 3 is 2.43 bits per heavy atom. The largest absolute Gasteiger partial charge is 0.339 e. The van der Waals surface area contributed by atoms with Crippen molar-refractivity contribution in [2.45, 2.75) is 24.2 Å². The molecule has 2 rings (SSSR count). The van der Waals surface area contributed by atoms with Crippen LogP contribution in [0.1, 0.15) is 29.6 Å². The highest BCUT2D eigenvalue weighted by Crippen LogP contribution is 2.23. The molecular weight excluding hydrogens is 336 g/mol. The summed E-state index contributed by atoms with van der Waals surface area (Å²) in [5, 5.41) is 3.15. The van der Waals surface area contributed by atoms with E-state index < -0.39 is 9.84 Å². The Kier molecular flexibility index (Phi) is 7.51. The number of sulfone groups is 1. The van der Waals surface area contributed by atoms with Crippen LogP contribution in [0.4, 0.5) is 0 Å². The van der Waals surface area contributed by atoms with E-state index in [0.29, 0.717) is 24.6 Å². The van der Waals surface area contributed by atoms with Crippen molar-refractivity contribution >= 4 is 28.2 Å². The van der Waals surface area contributed by atoms with Crippen LogP contribution in [0, 0.1) is 5.92 Å². The van der Waals surface area contributed by atoms with Gasteiger partial charge in [0.25, 0.3) is 5.91 Å². The quantitative estimate of drug-likeness (QED) is 0.871. The van der Waals surface area contributed by atoms with Gasteiger partial charge in [-0.05, 0) is 50.9 Å². The van der Waals surface area contributed by atoms with Gasteiger partial charge in [0.05, 0.1) is 10.5 Å². The minimum Gasteiger partial charge on any atom is -0.339 e. The number of rotatable bonds is 5. The van der Waals surface area contributed by atoms with Gasteiger partial charge in [0.2, 0.25) is 0 Å². The van der Waals surface area contributed by atoms with Crippen molar-refractivity contribution in [3.05, 3.63) is 29.8 Å². The first-order chi connectivity index (χ1) is 10.4. The second-order valence-electron chi connectivity index (χ2n) is 5.90. The van der Waals surface area contributed by atoms with E-state index in [9.17, 15) is 13.2 Å². The highest BCUT2D eigenvalue weighted by molar-refractivity contribution is 7.90. The molecule has 23 heavy (non-hydrogen) atoms. The molecule has 0 spiro atoms. The van der Waals surface area contributed by atoms with Gasteiger partial charge in [0.15, 0.2) is 9.84 Å². The average molecular weight is 361 g/mol. The number of hydrogen-bond donors (Lipinski definition) is 1. The Bertz CT molecular complexity index is 626. The first-order valence-electron chi connectivity index (χ1n) is 7.66. The number of nitrogens with one attached hydrogen (secondary N) is 1. The second-order valence-corrected chi connectivity index (χ2v) is 7.88. The topological polar surface area (TPSA) is 66.5 Å². The number of amides is 1. The normalized spacial score (nSPS) is 16.0. The van der Waals surface area contributed by atoms with E-state index in [1.54, 1.807) is 23.1 Å². The van der Waals surface area contributed by atoms with E-state index in [1.807, 2.05) is 7.05 Å². The molecule has 0 unspecified atom stereocenters. The summed E-state index contributed by atoms with van der Waals surface area (Å²) in [6.45, 7) is 2.39. The molecule has 0 bridgehead atoms. The first-order valence-corrected chi connectivity index (χ1v) is 9.55. The van der Waals surface area contributed by atoms with Crippen molar-refractivity contribution in [1.29, 1.82) is 0 Å². The van der Waals surface area contributed by atoms with Gasteiger partial charge < -0.3 is 10.2 Å². The van der Waals surface area contributed by atoms with Crippen LogP contribution in [0.3, 0.4) is 0 Å². The number of benzene rings is 1. The molecular formula is C16H25ClN2O3S. The predicted octanol–water partition coefficient (Wildman–Crippen LogP) is 1.97. The van der Waals surface area contributed by atoms with E-state index in [0.717, 1.165) is 32.1 Å². The zero-order valence-corrected chi connectivity index (χ0v) is 15.3. The van der Waals surface area contributed by atoms with Crippen molar-refractivity contribution < 1.29 is 13.2 Å². The third-order valence-electron chi connectivity index (χ3n) is 4.22. The lowest BCUT2D eigenvalue weighted by molar-refractivity contribution is 0.0683. The van der Waals surface area contributed by atoms with E-state index >= 15 is 0 Å². The molecule has 7 heteroatoms. The van der Waals surface area contributed by atoms with Gasteiger partial charge >= 0.3 is 0 Å². The van der Waals surface area contributed by atoms with Gasteiger partial charge in [0, 0.05) is 19.3 Å². The molecule has 1 aliphatic rings. The summed E-state index contributed by atoms with van der Waals surface area (Å²) in [6.07, 6.45) is 4.23. The van der Waals surface area contributed by atoms with Gasteiger partial charge in [-0.1, -0.05) is 12.1 Å². The lowest BCUT2D eigenvalue weighted by Gasteiger charge is -2.32. The zero-order valence-electron chi connectivity index (χ0n) is 13.6. The Hall–Kier alpha value is -1.11. The molecule has 1 aromatic rings. The molecule has 1 N–H and O–H groups in total. The van der Waals surface area contributed by atoms with Gasteiger partial charge in [-0.2, -0.15) is 0 Å². The van der Waals surface area contributed by atoms with E-state index in [1.165, 1.54) is 6.07 Å². The van der Waals surface area contributed by atoms with Gasteiger partial charge in [0.1, 0.15) is 0 Å². The second kappa shape index (κ2) is 8.66. The van der Waals surface area contributed by atoms with E-state index in [-0.39, 0.29) is 23.2 Å². The van der Waals surface area contributed by atoms with Crippen molar-refractivity contribution in [3.63, 3.8) is 0 Å². The molecule has 5 nitrogen and oxygen atoms in total. The number of carbonyl (C=O) groups excluding carboxylic acids is 1. The fourth-order valence-electron chi connectivity index (χ4n) is 2.91. The van der Waals surface area contributed by atoms with Crippen LogP contribution in [0.5, 0.6) is 0 Å². The molecule has 1 aromatic carbocycles. The highest BCUT2D eigenvalue weighted by Gasteiger charge is 2.26. The summed E-state index contributed by atoms with van der Waals surface area (Å²) in [5.41, 5.74) is 0.290. The Morgan fingerprint density at radius 2 is 1.87 bits per heavy atom. The van der Waals surface area contributed by atoms with Crippen molar-refractivity contribution in [1.82, 2.24) is 10.2 Å². The molecule has 0 atom stereocenters. The Morgan fingerprint density at radius 1 is 1.26 bits per heavy atom. The number of hydrogen-bond acceptors (Lipinski definition) is 4. The molecule has 130 valence electrons. The molecule has 0 radical (unpaired) electrons. The van der Waals surface area contributed by atoms with Crippen LogP contribution in [-0.2, 0) is 9.84 Å². The zero-order chi connectivity index (χ0) is 16.2. The molecule has 1 aliphatic heterocycles. The standard InChI is InChI=1S/C16H24N2O3S.ClH/c1-17-10-7-13-8-11-18(12-9-13)16(19)14-5-3-4-6-15(14)22(2,20)21;/h3-6,13,17H,7-12H2,1-2H3;1H. The van der Waals surface area contributed by atoms with Crippen molar-refractivity contribution in [2.75, 3.05) is 32.9 Å².